The van der Waals surface area contributed by atoms with Crippen molar-refractivity contribution in [1.82, 2.24) is 9.55 Å². The fraction of sp³-hybridized carbons (Fsp3) is 0.375. The van der Waals surface area contributed by atoms with E-state index < -0.39 is 11.2 Å². The lowest BCUT2D eigenvalue weighted by molar-refractivity contribution is 0.0822. The van der Waals surface area contributed by atoms with Crippen LogP contribution < -0.4 is 11.2 Å². The van der Waals surface area contributed by atoms with E-state index >= 15 is 0 Å². The van der Waals surface area contributed by atoms with Gasteiger partial charge in [-0.2, -0.15) is 0 Å². The third kappa shape index (κ3) is 3.75. The van der Waals surface area contributed by atoms with Gasteiger partial charge in [-0.25, -0.2) is 4.79 Å². The summed E-state index contributed by atoms with van der Waals surface area (Å²) in [6.45, 7) is 6.51. The topological polar surface area (TPSA) is 64.1 Å². The van der Waals surface area contributed by atoms with Crippen molar-refractivity contribution in [2.45, 2.75) is 33.9 Å². The minimum atomic E-state index is -0.457. The zero-order valence-electron chi connectivity index (χ0n) is 12.9. The number of halogens is 1. The molecule has 0 radical (unpaired) electrons. The molecule has 1 aromatic carbocycles. The molecule has 1 aromatic heterocycles. The Bertz CT molecular complexity index is 773. The summed E-state index contributed by atoms with van der Waals surface area (Å²) >= 11 is 3.29. The van der Waals surface area contributed by atoms with E-state index in [1.54, 1.807) is 0 Å². The van der Waals surface area contributed by atoms with Crippen LogP contribution in [0.25, 0.3) is 0 Å². The Labute approximate surface area is 137 Å². The molecular formula is C16H19BrN2O3. The fourth-order valence-electron chi connectivity index (χ4n) is 2.45. The summed E-state index contributed by atoms with van der Waals surface area (Å²) in [5.74, 6) is 0. The number of aryl methyl sites for hydroxylation is 2. The maximum Gasteiger partial charge on any atom is 0.330 e. The molecule has 0 fully saturated rings. The van der Waals surface area contributed by atoms with Crippen LogP contribution in [0.2, 0.25) is 0 Å². The molecule has 5 nitrogen and oxygen atoms in total. The van der Waals surface area contributed by atoms with Gasteiger partial charge in [0.2, 0.25) is 0 Å². The first kappa shape index (κ1) is 16.7. The van der Waals surface area contributed by atoms with Gasteiger partial charge in [-0.3, -0.25) is 14.3 Å². The minimum Gasteiger partial charge on any atom is -0.361 e. The number of hydrogen-bond acceptors (Lipinski definition) is 3. The molecule has 0 bridgehead atoms. The van der Waals surface area contributed by atoms with Gasteiger partial charge in [0.25, 0.3) is 5.56 Å². The largest absolute Gasteiger partial charge is 0.361 e. The molecule has 118 valence electrons. The van der Waals surface area contributed by atoms with Gasteiger partial charge < -0.3 is 4.74 Å². The van der Waals surface area contributed by atoms with E-state index in [0.29, 0.717) is 23.2 Å². The lowest BCUT2D eigenvalue weighted by Crippen LogP contribution is -2.34. The van der Waals surface area contributed by atoms with E-state index in [1.165, 1.54) is 4.57 Å². The minimum absolute atomic E-state index is 0.116. The van der Waals surface area contributed by atoms with Gasteiger partial charge in [0.05, 0.1) is 0 Å². The number of hydrogen-bond donors (Lipinski definition) is 1. The van der Waals surface area contributed by atoms with Crippen molar-refractivity contribution >= 4 is 15.9 Å². The van der Waals surface area contributed by atoms with E-state index in [1.807, 2.05) is 20.8 Å². The van der Waals surface area contributed by atoms with Gasteiger partial charge in [-0.15, -0.1) is 0 Å². The van der Waals surface area contributed by atoms with Gasteiger partial charge in [-0.1, -0.05) is 29.3 Å². The maximum absolute atomic E-state index is 12.0. The molecule has 0 spiro atoms. The summed E-state index contributed by atoms with van der Waals surface area (Å²) in [6, 6.07) is 6.19. The van der Waals surface area contributed by atoms with E-state index in [-0.39, 0.29) is 6.73 Å². The Morgan fingerprint density at radius 3 is 2.41 bits per heavy atom. The summed E-state index contributed by atoms with van der Waals surface area (Å²) in [6.07, 6.45) is 0.481. The number of nitrogens with zero attached hydrogens (tertiary/aromatic N) is 1. The van der Waals surface area contributed by atoms with Crippen molar-refractivity contribution < 1.29 is 4.74 Å². The summed E-state index contributed by atoms with van der Waals surface area (Å²) in [5, 5.41) is 0. The van der Waals surface area contributed by atoms with Gasteiger partial charge in [0.15, 0.2) is 0 Å². The average Bonchev–Trinajstić information content (AvgIpc) is 2.43. The predicted octanol–water partition coefficient (Wildman–Crippen LogP) is 2.50. The molecule has 0 amide bonds. The highest BCUT2D eigenvalue weighted by Crippen LogP contribution is 2.17. The molecule has 0 atom stereocenters. The molecule has 0 saturated carbocycles. The second kappa shape index (κ2) is 7.07. The van der Waals surface area contributed by atoms with Crippen LogP contribution >= 0.6 is 15.9 Å². The van der Waals surface area contributed by atoms with Gasteiger partial charge >= 0.3 is 5.69 Å². The molecule has 0 aliphatic heterocycles. The fourth-order valence-corrected chi connectivity index (χ4v) is 2.90. The van der Waals surface area contributed by atoms with Crippen LogP contribution in [-0.4, -0.2) is 16.2 Å². The molecule has 22 heavy (non-hydrogen) atoms. The van der Waals surface area contributed by atoms with Crippen molar-refractivity contribution in [3.63, 3.8) is 0 Å². The van der Waals surface area contributed by atoms with Crippen molar-refractivity contribution in [1.29, 1.82) is 0 Å². The molecule has 2 aromatic rings. The molecular weight excluding hydrogens is 348 g/mol. The van der Waals surface area contributed by atoms with Crippen molar-refractivity contribution in [2.24, 2.45) is 0 Å². The van der Waals surface area contributed by atoms with Crippen LogP contribution in [0.4, 0.5) is 0 Å². The predicted molar refractivity (Wildman–Crippen MR) is 89.4 cm³/mol. The number of aromatic amines is 1. The van der Waals surface area contributed by atoms with Gasteiger partial charge in [-0.05, 0) is 42.3 Å². The molecule has 0 saturated heterocycles. The van der Waals surface area contributed by atoms with E-state index in [9.17, 15) is 9.59 Å². The van der Waals surface area contributed by atoms with Crippen LogP contribution in [0.15, 0.2) is 32.3 Å². The van der Waals surface area contributed by atoms with Crippen LogP contribution in [0.5, 0.6) is 0 Å². The lowest BCUT2D eigenvalue weighted by Gasteiger charge is -2.14. The SMILES string of the molecule is CCOCn1c(Cc2cc(C)cc(C)c2)c(Br)c(=O)[nH]c1=O. The lowest BCUT2D eigenvalue weighted by atomic mass is 10.0. The Balaban J connectivity index is 2.52. The number of H-pyrrole nitrogens is 1. The smallest absolute Gasteiger partial charge is 0.330 e. The first-order valence-corrected chi connectivity index (χ1v) is 7.88. The van der Waals surface area contributed by atoms with Crippen LogP contribution in [0.3, 0.4) is 0 Å². The molecule has 0 unspecified atom stereocenters. The normalized spacial score (nSPS) is 10.9. The third-order valence-electron chi connectivity index (χ3n) is 3.32. The molecule has 1 N–H and O–H groups in total. The van der Waals surface area contributed by atoms with Crippen molar-refractivity contribution in [3.05, 3.63) is 65.9 Å². The first-order valence-electron chi connectivity index (χ1n) is 7.08. The van der Waals surface area contributed by atoms with Gasteiger partial charge in [0.1, 0.15) is 11.2 Å². The Morgan fingerprint density at radius 1 is 1.18 bits per heavy atom. The number of benzene rings is 1. The quantitative estimate of drug-likeness (QED) is 0.883. The first-order chi connectivity index (χ1) is 10.4. The summed E-state index contributed by atoms with van der Waals surface area (Å²) in [7, 11) is 0. The Hall–Kier alpha value is -1.66. The Morgan fingerprint density at radius 2 is 1.82 bits per heavy atom. The highest BCUT2D eigenvalue weighted by molar-refractivity contribution is 9.10. The van der Waals surface area contributed by atoms with Crippen molar-refractivity contribution in [2.75, 3.05) is 6.61 Å². The number of ether oxygens (including phenoxy) is 1. The van der Waals surface area contributed by atoms with E-state index in [2.05, 4.69) is 39.1 Å². The molecule has 6 heteroatoms. The molecule has 2 rings (SSSR count). The van der Waals surface area contributed by atoms with E-state index in [4.69, 9.17) is 4.74 Å². The second-order valence-corrected chi connectivity index (χ2v) is 6.04. The van der Waals surface area contributed by atoms with E-state index in [0.717, 1.165) is 16.7 Å². The standard InChI is InChI=1S/C16H19BrN2O3/c1-4-22-9-19-13(14(17)15(20)18-16(19)21)8-12-6-10(2)5-11(3)7-12/h5-7H,4,8-9H2,1-3H3,(H,18,20,21). The van der Waals surface area contributed by atoms with Crippen LogP contribution in [0.1, 0.15) is 29.3 Å². The Kier molecular flexibility index (Phi) is 5.37. The summed E-state index contributed by atoms with van der Waals surface area (Å²) in [4.78, 5) is 26.2. The number of aromatic nitrogens is 2. The summed E-state index contributed by atoms with van der Waals surface area (Å²) in [5.41, 5.74) is 3.09. The van der Waals surface area contributed by atoms with Crippen LogP contribution in [-0.2, 0) is 17.9 Å². The third-order valence-corrected chi connectivity index (χ3v) is 4.14. The molecule has 1 heterocycles. The molecule has 0 aliphatic rings. The molecule has 0 aliphatic carbocycles. The van der Waals surface area contributed by atoms with Gasteiger partial charge in [0, 0.05) is 18.7 Å². The van der Waals surface area contributed by atoms with Crippen LogP contribution in [0, 0.1) is 13.8 Å². The highest BCUT2D eigenvalue weighted by Gasteiger charge is 2.14. The second-order valence-electron chi connectivity index (χ2n) is 5.24. The zero-order chi connectivity index (χ0) is 16.3. The highest BCUT2D eigenvalue weighted by atomic mass is 79.9. The monoisotopic (exact) mass is 366 g/mol. The summed E-state index contributed by atoms with van der Waals surface area (Å²) < 4.78 is 7.16. The number of nitrogens with one attached hydrogen (secondary N) is 1. The number of rotatable bonds is 5. The average molecular weight is 367 g/mol. The zero-order valence-corrected chi connectivity index (χ0v) is 14.5. The maximum atomic E-state index is 12.0. The van der Waals surface area contributed by atoms with Crippen molar-refractivity contribution in [3.8, 4) is 0 Å².